The first-order chi connectivity index (χ1) is 16.7. The fraction of sp³-hybridized carbons (Fsp3) is 0.500. The van der Waals surface area contributed by atoms with Crippen LogP contribution in [0, 0.1) is 11.8 Å². The van der Waals surface area contributed by atoms with E-state index in [9.17, 15) is 22.8 Å². The molecule has 0 bridgehead atoms. The molecule has 2 saturated heterocycles. The van der Waals surface area contributed by atoms with Crippen molar-refractivity contribution < 1.29 is 22.8 Å². The molecule has 2 aliphatic rings. The molecule has 0 spiro atoms. The van der Waals surface area contributed by atoms with Gasteiger partial charge < -0.3 is 20.4 Å². The number of rotatable bonds is 6. The second-order valence-electron chi connectivity index (χ2n) is 9.10. The normalized spacial score (nSPS) is 19.5. The molecule has 0 aromatic carbocycles. The summed E-state index contributed by atoms with van der Waals surface area (Å²) >= 11 is 0. The molecule has 0 aliphatic carbocycles. The summed E-state index contributed by atoms with van der Waals surface area (Å²) in [7, 11) is 1.71. The van der Waals surface area contributed by atoms with Gasteiger partial charge in [0.1, 0.15) is 5.82 Å². The maximum atomic E-state index is 12.9. The number of aromatic nitrogens is 2. The lowest BCUT2D eigenvalue weighted by atomic mass is 9.96. The lowest BCUT2D eigenvalue weighted by Gasteiger charge is -2.33. The molecular formula is C24H29F3N6O2. The van der Waals surface area contributed by atoms with Crippen LogP contribution in [-0.2, 0) is 16.1 Å². The Morgan fingerprint density at radius 2 is 1.74 bits per heavy atom. The summed E-state index contributed by atoms with van der Waals surface area (Å²) in [5.41, 5.74) is 2.19. The third-order valence-electron chi connectivity index (χ3n) is 6.58. The highest BCUT2D eigenvalue weighted by Crippen LogP contribution is 2.35. The molecule has 2 aromatic rings. The first kappa shape index (κ1) is 24.7. The van der Waals surface area contributed by atoms with Gasteiger partial charge >= 0.3 is 6.18 Å². The Morgan fingerprint density at radius 1 is 1.06 bits per heavy atom. The SMILES string of the molecule is CN1CC(C(=O)NCc2ccc(Nc3ccc(N4CCC(C(F)(F)F)CC4)nc3)cn2)CCC1=O. The molecule has 0 radical (unpaired) electrons. The van der Waals surface area contributed by atoms with Gasteiger partial charge in [-0.05, 0) is 43.5 Å². The van der Waals surface area contributed by atoms with Gasteiger partial charge in [0.2, 0.25) is 11.8 Å². The number of pyridine rings is 2. The highest BCUT2D eigenvalue weighted by molar-refractivity contribution is 5.83. The van der Waals surface area contributed by atoms with Crippen LogP contribution in [0.2, 0.25) is 0 Å². The van der Waals surface area contributed by atoms with Crippen LogP contribution in [0.1, 0.15) is 31.4 Å². The molecule has 2 fully saturated rings. The van der Waals surface area contributed by atoms with E-state index in [4.69, 9.17) is 0 Å². The van der Waals surface area contributed by atoms with E-state index in [2.05, 4.69) is 20.6 Å². The number of carbonyl (C=O) groups excluding carboxylic acids is 2. The zero-order valence-corrected chi connectivity index (χ0v) is 19.5. The Bertz CT molecular complexity index is 1020. The topological polar surface area (TPSA) is 90.5 Å². The van der Waals surface area contributed by atoms with Crippen molar-refractivity contribution in [3.8, 4) is 0 Å². The number of nitrogens with one attached hydrogen (secondary N) is 2. The lowest BCUT2D eigenvalue weighted by Crippen LogP contribution is -2.43. The van der Waals surface area contributed by atoms with Gasteiger partial charge in [-0.25, -0.2) is 4.98 Å². The molecule has 11 heteroatoms. The van der Waals surface area contributed by atoms with Crippen LogP contribution < -0.4 is 15.5 Å². The molecule has 4 rings (SSSR count). The number of hydrogen-bond donors (Lipinski definition) is 2. The van der Waals surface area contributed by atoms with E-state index in [1.54, 1.807) is 30.4 Å². The number of nitrogens with zero attached hydrogens (tertiary/aromatic N) is 4. The summed E-state index contributed by atoms with van der Waals surface area (Å²) < 4.78 is 38.6. The highest BCUT2D eigenvalue weighted by Gasteiger charge is 2.41. The molecule has 1 unspecified atom stereocenters. The zero-order valence-electron chi connectivity index (χ0n) is 19.5. The van der Waals surface area contributed by atoms with Crippen molar-refractivity contribution in [3.05, 3.63) is 42.4 Å². The maximum absolute atomic E-state index is 12.9. The Kier molecular flexibility index (Phi) is 7.42. The van der Waals surface area contributed by atoms with Crippen molar-refractivity contribution in [2.75, 3.05) is 36.9 Å². The van der Waals surface area contributed by atoms with Crippen LogP contribution in [-0.4, -0.2) is 59.5 Å². The maximum Gasteiger partial charge on any atom is 0.391 e. The molecule has 2 amide bonds. The third-order valence-corrected chi connectivity index (χ3v) is 6.58. The van der Waals surface area contributed by atoms with Gasteiger partial charge in [-0.2, -0.15) is 13.2 Å². The second kappa shape index (κ2) is 10.5. The van der Waals surface area contributed by atoms with Crippen molar-refractivity contribution >= 4 is 29.0 Å². The van der Waals surface area contributed by atoms with E-state index >= 15 is 0 Å². The second-order valence-corrected chi connectivity index (χ2v) is 9.10. The minimum absolute atomic E-state index is 0.0641. The number of piperidine rings is 2. The first-order valence-electron chi connectivity index (χ1n) is 11.7. The van der Waals surface area contributed by atoms with Gasteiger partial charge in [0, 0.05) is 33.1 Å². The average Bonchev–Trinajstić information content (AvgIpc) is 2.85. The van der Waals surface area contributed by atoms with Crippen LogP contribution in [0.15, 0.2) is 36.7 Å². The predicted octanol–water partition coefficient (Wildman–Crippen LogP) is 3.48. The molecule has 1 atom stereocenters. The van der Waals surface area contributed by atoms with Gasteiger partial charge in [-0.1, -0.05) is 0 Å². The zero-order chi connectivity index (χ0) is 25.0. The molecule has 35 heavy (non-hydrogen) atoms. The summed E-state index contributed by atoms with van der Waals surface area (Å²) in [6.45, 7) is 1.40. The van der Waals surface area contributed by atoms with Crippen molar-refractivity contribution in [1.29, 1.82) is 0 Å². The summed E-state index contributed by atoms with van der Waals surface area (Å²) in [4.78, 5) is 36.2. The molecule has 2 N–H and O–H groups in total. The van der Waals surface area contributed by atoms with Crippen LogP contribution in [0.3, 0.4) is 0 Å². The molecule has 4 heterocycles. The Balaban J connectivity index is 1.24. The molecule has 188 valence electrons. The number of carbonyl (C=O) groups is 2. The Hall–Kier alpha value is -3.37. The van der Waals surface area contributed by atoms with E-state index in [1.165, 1.54) is 0 Å². The van der Waals surface area contributed by atoms with Gasteiger partial charge in [-0.3, -0.25) is 14.6 Å². The minimum Gasteiger partial charge on any atom is -0.357 e. The Labute approximate surface area is 201 Å². The summed E-state index contributed by atoms with van der Waals surface area (Å²) in [6, 6.07) is 7.28. The van der Waals surface area contributed by atoms with Gasteiger partial charge in [-0.15, -0.1) is 0 Å². The fourth-order valence-corrected chi connectivity index (χ4v) is 4.40. The van der Waals surface area contributed by atoms with Crippen molar-refractivity contribution in [3.63, 3.8) is 0 Å². The summed E-state index contributed by atoms with van der Waals surface area (Å²) in [5.74, 6) is -0.793. The van der Waals surface area contributed by atoms with Crippen LogP contribution >= 0.6 is 0 Å². The first-order valence-corrected chi connectivity index (χ1v) is 11.7. The minimum atomic E-state index is -4.13. The molecule has 8 nitrogen and oxygen atoms in total. The lowest BCUT2D eigenvalue weighted by molar-refractivity contribution is -0.179. The predicted molar refractivity (Wildman–Crippen MR) is 125 cm³/mol. The number of hydrogen-bond acceptors (Lipinski definition) is 6. The van der Waals surface area contributed by atoms with E-state index in [1.807, 2.05) is 23.1 Å². The van der Waals surface area contributed by atoms with Crippen LogP contribution in [0.5, 0.6) is 0 Å². The highest BCUT2D eigenvalue weighted by atomic mass is 19.4. The van der Waals surface area contributed by atoms with Crippen molar-refractivity contribution in [2.24, 2.45) is 11.8 Å². The molecule has 2 aliphatic heterocycles. The monoisotopic (exact) mass is 490 g/mol. The number of alkyl halides is 3. The Morgan fingerprint density at radius 3 is 2.31 bits per heavy atom. The summed E-state index contributed by atoms with van der Waals surface area (Å²) in [6.07, 6.45) is 0.289. The van der Waals surface area contributed by atoms with Gasteiger partial charge in [0.05, 0.1) is 47.8 Å². The number of amides is 2. The van der Waals surface area contributed by atoms with Crippen molar-refractivity contribution in [2.45, 2.75) is 38.4 Å². The number of halogens is 3. The van der Waals surface area contributed by atoms with E-state index in [0.29, 0.717) is 50.5 Å². The van der Waals surface area contributed by atoms with Crippen LogP contribution in [0.4, 0.5) is 30.4 Å². The van der Waals surface area contributed by atoms with E-state index in [0.717, 1.165) is 11.4 Å². The van der Waals surface area contributed by atoms with Crippen LogP contribution in [0.25, 0.3) is 0 Å². The van der Waals surface area contributed by atoms with Crippen molar-refractivity contribution in [1.82, 2.24) is 20.2 Å². The largest absolute Gasteiger partial charge is 0.391 e. The molecular weight excluding hydrogens is 461 g/mol. The standard InChI is InChI=1S/C24H29F3N6O2/c1-32-15-16(2-7-22(32)34)23(35)30-12-18-3-4-19(13-28-18)31-20-5-6-21(29-14-20)33-10-8-17(9-11-33)24(25,26)27/h3-6,13-14,16-17,31H,2,7-12,15H2,1H3,(H,30,35). The average molecular weight is 491 g/mol. The smallest absolute Gasteiger partial charge is 0.357 e. The molecule has 2 aromatic heterocycles. The number of likely N-dealkylation sites (tertiary alicyclic amines) is 1. The third kappa shape index (κ3) is 6.40. The fourth-order valence-electron chi connectivity index (χ4n) is 4.40. The summed E-state index contributed by atoms with van der Waals surface area (Å²) in [5, 5.41) is 6.08. The van der Waals surface area contributed by atoms with Gasteiger partial charge in [0.15, 0.2) is 0 Å². The molecule has 0 saturated carbocycles. The van der Waals surface area contributed by atoms with E-state index in [-0.39, 0.29) is 30.6 Å². The number of anilines is 3. The quantitative estimate of drug-likeness (QED) is 0.645. The van der Waals surface area contributed by atoms with E-state index < -0.39 is 12.1 Å². The van der Waals surface area contributed by atoms with Gasteiger partial charge in [0.25, 0.3) is 0 Å².